The van der Waals surface area contributed by atoms with Gasteiger partial charge >= 0.3 is 0 Å². The minimum atomic E-state index is 0.939. The van der Waals surface area contributed by atoms with E-state index in [0.29, 0.717) is 0 Å². The molecule has 0 unspecified atom stereocenters. The minimum Gasteiger partial charge on any atom is -0.303 e. The van der Waals surface area contributed by atoms with Crippen LogP contribution in [0.3, 0.4) is 0 Å². The normalized spacial score (nSPS) is 11.6. The van der Waals surface area contributed by atoms with Crippen LogP contribution in [0.15, 0.2) is 29.3 Å². The van der Waals surface area contributed by atoms with Crippen LogP contribution in [-0.4, -0.2) is 45.5 Å². The van der Waals surface area contributed by atoms with E-state index in [0.717, 1.165) is 56.9 Å². The van der Waals surface area contributed by atoms with E-state index in [1.54, 1.807) is 23.1 Å². The van der Waals surface area contributed by atoms with Crippen LogP contribution in [0.4, 0.5) is 0 Å². The van der Waals surface area contributed by atoms with Gasteiger partial charge in [-0.2, -0.15) is 0 Å². The zero-order valence-electron chi connectivity index (χ0n) is 15.2. The van der Waals surface area contributed by atoms with Crippen LogP contribution < -0.4 is 0 Å². The Bertz CT molecular complexity index is 839. The average molecular weight is 373 g/mol. The molecular weight excluding hydrogens is 348 g/mol. The first-order valence-corrected chi connectivity index (χ1v) is 10.5. The lowest BCUT2D eigenvalue weighted by Gasteiger charge is -2.17. The molecule has 4 nitrogen and oxygen atoms in total. The fraction of sp³-hybridized carbons (Fsp3) is 0.421. The monoisotopic (exact) mass is 372 g/mol. The standard InChI is InChI=1S/C19H24N4S2/c1-5-23(6-2)11-12-24-19-17-18(25-14(4)20-17)16(21-22-19)15-9-7-13(3)8-10-15/h7-10H,5-6,11-12H2,1-4H3. The van der Waals surface area contributed by atoms with Gasteiger partial charge in [0, 0.05) is 17.9 Å². The summed E-state index contributed by atoms with van der Waals surface area (Å²) in [5.74, 6) is 1.01. The van der Waals surface area contributed by atoms with E-state index in [1.165, 1.54) is 5.56 Å². The van der Waals surface area contributed by atoms with Crippen LogP contribution >= 0.6 is 23.1 Å². The lowest BCUT2D eigenvalue weighted by molar-refractivity contribution is 0.324. The molecule has 0 fully saturated rings. The Balaban J connectivity index is 1.89. The number of hydrogen-bond acceptors (Lipinski definition) is 6. The lowest BCUT2D eigenvalue weighted by atomic mass is 10.1. The molecule has 0 bridgehead atoms. The summed E-state index contributed by atoms with van der Waals surface area (Å²) in [4.78, 5) is 7.16. The molecule has 0 aliphatic rings. The maximum Gasteiger partial charge on any atom is 0.146 e. The largest absolute Gasteiger partial charge is 0.303 e. The molecule has 132 valence electrons. The van der Waals surface area contributed by atoms with Gasteiger partial charge in [0.15, 0.2) is 0 Å². The smallest absolute Gasteiger partial charge is 0.146 e. The molecule has 0 saturated heterocycles. The van der Waals surface area contributed by atoms with E-state index in [-0.39, 0.29) is 0 Å². The Labute approximate surface area is 157 Å². The highest BCUT2D eigenvalue weighted by Crippen LogP contribution is 2.35. The second-order valence-corrected chi connectivity index (χ2v) is 8.29. The van der Waals surface area contributed by atoms with Gasteiger partial charge in [0.05, 0.1) is 9.71 Å². The number of thioether (sulfide) groups is 1. The molecule has 0 saturated carbocycles. The fourth-order valence-corrected chi connectivity index (χ4v) is 4.65. The molecule has 2 aromatic heterocycles. The van der Waals surface area contributed by atoms with Crippen molar-refractivity contribution in [2.24, 2.45) is 0 Å². The van der Waals surface area contributed by atoms with Crippen molar-refractivity contribution < 1.29 is 0 Å². The van der Waals surface area contributed by atoms with E-state index >= 15 is 0 Å². The summed E-state index contributed by atoms with van der Waals surface area (Å²) in [5, 5.41) is 11.1. The van der Waals surface area contributed by atoms with Gasteiger partial charge < -0.3 is 4.90 Å². The maximum absolute atomic E-state index is 4.74. The van der Waals surface area contributed by atoms with Gasteiger partial charge in [-0.05, 0) is 26.9 Å². The van der Waals surface area contributed by atoms with E-state index < -0.39 is 0 Å². The van der Waals surface area contributed by atoms with Crippen LogP contribution in [0.5, 0.6) is 0 Å². The van der Waals surface area contributed by atoms with Gasteiger partial charge in [0.25, 0.3) is 0 Å². The predicted octanol–water partition coefficient (Wildman–Crippen LogP) is 4.80. The Hall–Kier alpha value is -1.50. The number of nitrogens with zero attached hydrogens (tertiary/aromatic N) is 4. The highest BCUT2D eigenvalue weighted by Gasteiger charge is 2.16. The van der Waals surface area contributed by atoms with Crippen molar-refractivity contribution in [2.75, 3.05) is 25.4 Å². The quantitative estimate of drug-likeness (QED) is 0.557. The lowest BCUT2D eigenvalue weighted by Crippen LogP contribution is -2.25. The molecule has 6 heteroatoms. The molecule has 3 aromatic rings. The molecule has 2 heterocycles. The first-order valence-electron chi connectivity index (χ1n) is 8.68. The number of aryl methyl sites for hydroxylation is 2. The highest BCUT2D eigenvalue weighted by molar-refractivity contribution is 7.99. The van der Waals surface area contributed by atoms with Crippen LogP contribution in [0, 0.1) is 13.8 Å². The zero-order chi connectivity index (χ0) is 17.8. The molecule has 25 heavy (non-hydrogen) atoms. The average Bonchev–Trinajstić information content (AvgIpc) is 3.01. The van der Waals surface area contributed by atoms with Crippen molar-refractivity contribution in [3.05, 3.63) is 34.8 Å². The Kier molecular flexibility index (Phi) is 6.04. The SMILES string of the molecule is CCN(CC)CCSc1nnc(-c2ccc(C)cc2)c2sc(C)nc12. The summed E-state index contributed by atoms with van der Waals surface area (Å²) in [5.41, 5.74) is 4.29. The second kappa shape index (κ2) is 8.25. The van der Waals surface area contributed by atoms with Crippen LogP contribution in [0.1, 0.15) is 24.4 Å². The predicted molar refractivity (Wildman–Crippen MR) is 109 cm³/mol. The number of hydrogen-bond donors (Lipinski definition) is 0. The second-order valence-electron chi connectivity index (χ2n) is 6.01. The third-order valence-electron chi connectivity index (χ3n) is 4.26. The van der Waals surface area contributed by atoms with E-state index in [9.17, 15) is 0 Å². The van der Waals surface area contributed by atoms with Crippen LogP contribution in [0.25, 0.3) is 21.5 Å². The van der Waals surface area contributed by atoms with Gasteiger partial charge in [0.2, 0.25) is 0 Å². The third kappa shape index (κ3) is 4.19. The van der Waals surface area contributed by atoms with Crippen molar-refractivity contribution >= 4 is 33.3 Å². The van der Waals surface area contributed by atoms with E-state index in [1.807, 2.05) is 6.92 Å². The van der Waals surface area contributed by atoms with Crippen molar-refractivity contribution in [3.8, 4) is 11.3 Å². The molecule has 0 N–H and O–H groups in total. The van der Waals surface area contributed by atoms with Crippen molar-refractivity contribution in [3.63, 3.8) is 0 Å². The van der Waals surface area contributed by atoms with Gasteiger partial charge in [-0.25, -0.2) is 4.98 Å². The van der Waals surface area contributed by atoms with E-state index in [4.69, 9.17) is 4.98 Å². The number of aromatic nitrogens is 3. The summed E-state index contributed by atoms with van der Waals surface area (Å²) in [6.07, 6.45) is 0. The highest BCUT2D eigenvalue weighted by atomic mass is 32.2. The zero-order valence-corrected chi connectivity index (χ0v) is 16.9. The Morgan fingerprint density at radius 1 is 1.04 bits per heavy atom. The minimum absolute atomic E-state index is 0.939. The molecule has 0 spiro atoms. The number of thiazole rings is 1. The fourth-order valence-electron chi connectivity index (χ4n) is 2.73. The molecule has 3 rings (SSSR count). The molecule has 0 atom stereocenters. The van der Waals surface area contributed by atoms with Crippen molar-refractivity contribution in [1.29, 1.82) is 0 Å². The molecular formula is C19H24N4S2. The topological polar surface area (TPSA) is 41.9 Å². The van der Waals surface area contributed by atoms with Crippen molar-refractivity contribution in [2.45, 2.75) is 32.7 Å². The van der Waals surface area contributed by atoms with Gasteiger partial charge in [-0.1, -0.05) is 43.7 Å². The van der Waals surface area contributed by atoms with Crippen LogP contribution in [-0.2, 0) is 0 Å². The van der Waals surface area contributed by atoms with Crippen LogP contribution in [0.2, 0.25) is 0 Å². The molecule has 0 aliphatic heterocycles. The number of rotatable bonds is 7. The first kappa shape index (κ1) is 18.3. The summed E-state index contributed by atoms with van der Waals surface area (Å²) in [6.45, 7) is 11.8. The number of benzene rings is 1. The maximum atomic E-state index is 4.74. The summed E-state index contributed by atoms with van der Waals surface area (Å²) in [7, 11) is 0. The summed E-state index contributed by atoms with van der Waals surface area (Å²) in [6, 6.07) is 8.45. The van der Waals surface area contributed by atoms with E-state index in [2.05, 4.69) is 60.1 Å². The Morgan fingerprint density at radius 2 is 1.76 bits per heavy atom. The van der Waals surface area contributed by atoms with Gasteiger partial charge in [0.1, 0.15) is 16.2 Å². The first-order chi connectivity index (χ1) is 12.1. The van der Waals surface area contributed by atoms with Crippen molar-refractivity contribution in [1.82, 2.24) is 20.1 Å². The third-order valence-corrected chi connectivity index (χ3v) is 6.17. The molecule has 0 radical (unpaired) electrons. The summed E-state index contributed by atoms with van der Waals surface area (Å²) < 4.78 is 1.14. The van der Waals surface area contributed by atoms with Gasteiger partial charge in [-0.3, -0.25) is 0 Å². The Morgan fingerprint density at radius 3 is 2.44 bits per heavy atom. The molecule has 0 amide bonds. The summed E-state index contributed by atoms with van der Waals surface area (Å²) >= 11 is 3.46. The molecule has 0 aliphatic carbocycles. The molecule has 1 aromatic carbocycles. The number of fused-ring (bicyclic) bond motifs is 1. The van der Waals surface area contributed by atoms with Gasteiger partial charge in [-0.15, -0.1) is 33.3 Å².